The van der Waals surface area contributed by atoms with Crippen molar-refractivity contribution in [1.82, 2.24) is 9.80 Å². The van der Waals surface area contributed by atoms with Crippen molar-refractivity contribution < 1.29 is 9.59 Å². The first-order valence-electron chi connectivity index (χ1n) is 19.4. The van der Waals surface area contributed by atoms with Gasteiger partial charge in [0.2, 0.25) is 0 Å². The lowest BCUT2D eigenvalue weighted by atomic mass is 9.98. The molecule has 50 heavy (non-hydrogen) atoms. The fourth-order valence-electron chi connectivity index (χ4n) is 7.37. The summed E-state index contributed by atoms with van der Waals surface area (Å²) in [5.74, 6) is 0.769. The van der Waals surface area contributed by atoms with Gasteiger partial charge in [-0.2, -0.15) is 0 Å². The molecule has 0 bridgehead atoms. The Bertz CT molecular complexity index is 1640. The molecule has 5 heterocycles. The molecule has 0 aromatic carbocycles. The molecule has 0 radical (unpaired) electrons. The molecule has 5 rings (SSSR count). The summed E-state index contributed by atoms with van der Waals surface area (Å²) in [6.45, 7) is 12.5. The van der Waals surface area contributed by atoms with E-state index in [0.717, 1.165) is 82.7 Å². The van der Waals surface area contributed by atoms with E-state index >= 15 is 0 Å². The molecule has 3 aromatic heterocycles. The number of nitrogens with zero attached hydrogens (tertiary/aromatic N) is 2. The maximum absolute atomic E-state index is 14.8. The maximum Gasteiger partial charge on any atom is 0.261 e. The second kappa shape index (κ2) is 19.2. The molecule has 3 aromatic rings. The van der Waals surface area contributed by atoms with Crippen molar-refractivity contribution in [3.8, 4) is 9.75 Å². The summed E-state index contributed by atoms with van der Waals surface area (Å²) in [6.07, 6.45) is 17.8. The van der Waals surface area contributed by atoms with Crippen LogP contribution in [0.25, 0.3) is 21.1 Å². The summed E-state index contributed by atoms with van der Waals surface area (Å²) in [5.41, 5.74) is 2.88. The minimum Gasteiger partial charge on any atom is -0.306 e. The second-order valence-corrected chi connectivity index (χ2v) is 18.9. The smallest absolute Gasteiger partial charge is 0.261 e. The Hall–Kier alpha value is -2.00. The van der Waals surface area contributed by atoms with Crippen LogP contribution in [-0.4, -0.2) is 34.7 Å². The molecule has 2 aliphatic heterocycles. The average Bonchev–Trinajstić information content (AvgIpc) is 3.95. The van der Waals surface area contributed by atoms with Crippen LogP contribution in [0, 0.1) is 11.8 Å². The fraction of sp³-hybridized carbons (Fsp3) is 0.571. The average molecular weight is 798 g/mol. The van der Waals surface area contributed by atoms with Gasteiger partial charge in [0.25, 0.3) is 11.8 Å². The number of carbonyl (C=O) groups excluding carboxylic acids is 2. The van der Waals surface area contributed by atoms with Crippen molar-refractivity contribution in [1.29, 1.82) is 0 Å². The van der Waals surface area contributed by atoms with E-state index in [1.807, 2.05) is 27.2 Å². The first-order chi connectivity index (χ1) is 24.3. The molecule has 0 saturated heterocycles. The quantitative estimate of drug-likeness (QED) is 0.0950. The number of halogens is 1. The van der Waals surface area contributed by atoms with E-state index in [1.165, 1.54) is 53.2 Å². The second-order valence-electron chi connectivity index (χ2n) is 14.2. The number of aryl methyl sites for hydroxylation is 1. The van der Waals surface area contributed by atoms with Gasteiger partial charge >= 0.3 is 0 Å². The predicted molar refractivity (Wildman–Crippen MR) is 221 cm³/mol. The van der Waals surface area contributed by atoms with Gasteiger partial charge < -0.3 is 9.80 Å². The highest BCUT2D eigenvalue weighted by Gasteiger charge is 2.50. The van der Waals surface area contributed by atoms with Gasteiger partial charge in [0.15, 0.2) is 0 Å². The number of hydrogen-bond donors (Lipinski definition) is 0. The van der Waals surface area contributed by atoms with E-state index in [-0.39, 0.29) is 11.8 Å². The highest BCUT2D eigenvalue weighted by Crippen LogP contribution is 2.50. The minimum absolute atomic E-state index is 0.00535. The van der Waals surface area contributed by atoms with Crippen molar-refractivity contribution in [3.05, 3.63) is 66.0 Å². The molecule has 2 aliphatic rings. The van der Waals surface area contributed by atoms with Crippen LogP contribution in [-0.2, 0) is 16.0 Å². The molecule has 0 saturated carbocycles. The van der Waals surface area contributed by atoms with Gasteiger partial charge in [-0.3, -0.25) is 9.59 Å². The lowest BCUT2D eigenvalue weighted by molar-refractivity contribution is -0.124. The molecule has 2 atom stereocenters. The van der Waals surface area contributed by atoms with Crippen LogP contribution >= 0.6 is 49.9 Å². The third-order valence-electron chi connectivity index (χ3n) is 10.5. The van der Waals surface area contributed by atoms with Crippen LogP contribution in [0.1, 0.15) is 139 Å². The number of thiophene rings is 3. The first kappa shape index (κ1) is 39.2. The van der Waals surface area contributed by atoms with Crippen LogP contribution in [0.5, 0.6) is 0 Å². The number of hydrogen-bond acceptors (Lipinski definition) is 5. The SMILES string of the molecule is CCCCCCCCc1ccc(-c2ccc(C3=C4C(=O)N(CC(CC)CCCC)C(c5ccc(Br)s5)=C4C(=O)N3CC(CC)CCCC)s2)s1. The van der Waals surface area contributed by atoms with Gasteiger partial charge in [0, 0.05) is 27.7 Å². The molecule has 8 heteroatoms. The number of fused-ring (bicyclic) bond motifs is 1. The van der Waals surface area contributed by atoms with Crippen molar-refractivity contribution in [2.24, 2.45) is 11.8 Å². The van der Waals surface area contributed by atoms with Gasteiger partial charge in [-0.25, -0.2) is 0 Å². The zero-order valence-electron chi connectivity index (χ0n) is 31.0. The largest absolute Gasteiger partial charge is 0.306 e. The Morgan fingerprint density at radius 3 is 1.58 bits per heavy atom. The van der Waals surface area contributed by atoms with Crippen LogP contribution in [0.3, 0.4) is 0 Å². The summed E-state index contributed by atoms with van der Waals surface area (Å²) in [4.78, 5) is 39.5. The monoisotopic (exact) mass is 796 g/mol. The molecule has 2 unspecified atom stereocenters. The fourth-order valence-corrected chi connectivity index (χ4v) is 11.0. The zero-order valence-corrected chi connectivity index (χ0v) is 35.0. The predicted octanol–water partition coefficient (Wildman–Crippen LogP) is 13.4. The normalized spacial score (nSPS) is 16.0. The molecule has 2 amide bonds. The minimum atomic E-state index is -0.00535. The number of rotatable bonds is 22. The lowest BCUT2D eigenvalue weighted by Gasteiger charge is -2.29. The third-order valence-corrected chi connectivity index (χ3v) is 14.5. The lowest BCUT2D eigenvalue weighted by Crippen LogP contribution is -2.34. The van der Waals surface area contributed by atoms with E-state index in [4.69, 9.17) is 0 Å². The van der Waals surface area contributed by atoms with Crippen molar-refractivity contribution >= 4 is 73.1 Å². The molecular formula is C42H57BrN2O2S3. The molecule has 272 valence electrons. The van der Waals surface area contributed by atoms with Gasteiger partial charge in [0.05, 0.1) is 36.1 Å². The third kappa shape index (κ3) is 9.13. The molecular weight excluding hydrogens is 741 g/mol. The van der Waals surface area contributed by atoms with Crippen LogP contribution < -0.4 is 0 Å². The van der Waals surface area contributed by atoms with Crippen molar-refractivity contribution in [3.63, 3.8) is 0 Å². The highest BCUT2D eigenvalue weighted by molar-refractivity contribution is 9.11. The summed E-state index contributed by atoms with van der Waals surface area (Å²) in [7, 11) is 0. The highest BCUT2D eigenvalue weighted by atomic mass is 79.9. The van der Waals surface area contributed by atoms with E-state index < -0.39 is 0 Å². The summed E-state index contributed by atoms with van der Waals surface area (Å²) < 4.78 is 1.01. The van der Waals surface area contributed by atoms with Gasteiger partial charge in [0.1, 0.15) is 0 Å². The molecule has 0 spiro atoms. The zero-order chi connectivity index (χ0) is 35.6. The first-order valence-corrected chi connectivity index (χ1v) is 22.7. The Balaban J connectivity index is 1.53. The van der Waals surface area contributed by atoms with Crippen molar-refractivity contribution in [2.75, 3.05) is 13.1 Å². The standard InChI is InChI=1S/C42H57BrN2O2S3/c1-6-11-14-15-16-17-20-31-21-22-32(48-31)33-23-24-34(49-33)39-37-38(42(47)44(39)27-29(9-4)18-12-7-2)40(35-25-26-36(43)50-35)45(41(37)46)28-30(10-5)19-13-8-3/h21-26,29-30H,6-20,27-28H2,1-5H3. The number of carbonyl (C=O) groups is 2. The Labute approximate surface area is 322 Å². The Morgan fingerprint density at radius 2 is 1.04 bits per heavy atom. The van der Waals surface area contributed by atoms with Crippen molar-refractivity contribution in [2.45, 2.75) is 131 Å². The van der Waals surface area contributed by atoms with E-state index in [9.17, 15) is 9.59 Å². The van der Waals surface area contributed by atoms with Crippen LogP contribution in [0.4, 0.5) is 0 Å². The van der Waals surface area contributed by atoms with Crippen LogP contribution in [0.2, 0.25) is 0 Å². The summed E-state index contributed by atoms with van der Waals surface area (Å²) >= 11 is 8.91. The molecule has 0 N–H and O–H groups in total. The Kier molecular flexibility index (Phi) is 15.0. The van der Waals surface area contributed by atoms with Gasteiger partial charge in [-0.15, -0.1) is 34.0 Å². The van der Waals surface area contributed by atoms with Crippen LogP contribution in [0.15, 0.2) is 51.3 Å². The molecule has 0 fully saturated rings. The summed E-state index contributed by atoms with van der Waals surface area (Å²) in [6, 6.07) is 13.0. The van der Waals surface area contributed by atoms with E-state index in [2.05, 4.69) is 80.9 Å². The summed E-state index contributed by atoms with van der Waals surface area (Å²) in [5, 5.41) is 0. The van der Waals surface area contributed by atoms with Gasteiger partial charge in [-0.1, -0.05) is 105 Å². The Morgan fingerprint density at radius 1 is 0.560 bits per heavy atom. The number of amides is 2. The molecule has 4 nitrogen and oxygen atoms in total. The van der Waals surface area contributed by atoms with E-state index in [1.54, 1.807) is 22.7 Å². The molecule has 0 aliphatic carbocycles. The number of unbranched alkanes of at least 4 members (excludes halogenated alkanes) is 7. The maximum atomic E-state index is 14.8. The topological polar surface area (TPSA) is 40.6 Å². The van der Waals surface area contributed by atoms with E-state index in [0.29, 0.717) is 36.1 Å². The van der Waals surface area contributed by atoms with Gasteiger partial charge in [-0.05, 0) is 89.8 Å².